The maximum absolute atomic E-state index is 12.7. The van der Waals surface area contributed by atoms with E-state index in [1.807, 2.05) is 0 Å². The summed E-state index contributed by atoms with van der Waals surface area (Å²) < 4.78 is 22.8. The molecule has 2 aromatic rings. The molecule has 1 unspecified atom stereocenters. The van der Waals surface area contributed by atoms with E-state index in [0.717, 1.165) is 0 Å². The fraction of sp³-hybridized carbons (Fsp3) is 0.214. The Labute approximate surface area is 115 Å². The number of halogens is 1. The zero-order valence-electron chi connectivity index (χ0n) is 10.6. The topological polar surface area (TPSA) is 71.7 Å². The number of benzene rings is 1. The summed E-state index contributed by atoms with van der Waals surface area (Å²) in [5, 5.41) is 12.2. The van der Waals surface area contributed by atoms with Gasteiger partial charge in [0.25, 0.3) is 5.91 Å². The van der Waals surface area contributed by atoms with Gasteiger partial charge in [-0.1, -0.05) is 0 Å². The first-order valence-corrected chi connectivity index (χ1v) is 6.03. The van der Waals surface area contributed by atoms with Gasteiger partial charge < -0.3 is 19.6 Å². The van der Waals surface area contributed by atoms with Crippen LogP contribution in [0.5, 0.6) is 5.75 Å². The van der Waals surface area contributed by atoms with Crippen molar-refractivity contribution in [2.75, 3.05) is 13.2 Å². The van der Waals surface area contributed by atoms with E-state index in [9.17, 15) is 14.3 Å². The highest BCUT2D eigenvalue weighted by molar-refractivity contribution is 5.91. The number of furan rings is 1. The molecule has 106 valence electrons. The van der Waals surface area contributed by atoms with Gasteiger partial charge in [-0.3, -0.25) is 4.79 Å². The van der Waals surface area contributed by atoms with Crippen molar-refractivity contribution in [3.05, 3.63) is 54.2 Å². The van der Waals surface area contributed by atoms with Crippen molar-refractivity contribution in [2.24, 2.45) is 0 Å². The van der Waals surface area contributed by atoms with Gasteiger partial charge in [0.05, 0.1) is 6.26 Å². The Morgan fingerprint density at radius 2 is 2.10 bits per heavy atom. The van der Waals surface area contributed by atoms with Crippen LogP contribution >= 0.6 is 0 Å². The Bertz CT molecular complexity index is 539. The van der Waals surface area contributed by atoms with Gasteiger partial charge in [-0.2, -0.15) is 0 Å². The van der Waals surface area contributed by atoms with Crippen LogP contribution in [0, 0.1) is 5.82 Å². The molecule has 1 atom stereocenters. The number of aliphatic hydroxyl groups is 1. The van der Waals surface area contributed by atoms with Gasteiger partial charge >= 0.3 is 0 Å². The van der Waals surface area contributed by atoms with Crippen LogP contribution in [0.2, 0.25) is 0 Å². The van der Waals surface area contributed by atoms with E-state index in [2.05, 4.69) is 5.32 Å². The van der Waals surface area contributed by atoms with Crippen molar-refractivity contribution in [3.8, 4) is 5.75 Å². The summed E-state index contributed by atoms with van der Waals surface area (Å²) in [4.78, 5) is 11.5. The molecular weight excluding hydrogens is 265 g/mol. The predicted octanol–water partition coefficient (Wildman–Crippen LogP) is 1.59. The third kappa shape index (κ3) is 4.10. The molecule has 6 heteroatoms. The average molecular weight is 279 g/mol. The Hall–Kier alpha value is -2.34. The number of amides is 1. The number of carbonyl (C=O) groups excluding carboxylic acids is 1. The van der Waals surface area contributed by atoms with Gasteiger partial charge in [-0.05, 0) is 36.4 Å². The molecule has 2 N–H and O–H groups in total. The fourth-order valence-electron chi connectivity index (χ4n) is 1.49. The highest BCUT2D eigenvalue weighted by atomic mass is 19.1. The van der Waals surface area contributed by atoms with Crippen LogP contribution in [-0.2, 0) is 0 Å². The smallest absolute Gasteiger partial charge is 0.287 e. The van der Waals surface area contributed by atoms with E-state index in [4.69, 9.17) is 9.15 Å². The minimum atomic E-state index is -0.876. The van der Waals surface area contributed by atoms with Crippen LogP contribution in [0.1, 0.15) is 10.6 Å². The second-order valence-corrected chi connectivity index (χ2v) is 4.11. The number of hydrogen-bond acceptors (Lipinski definition) is 4. The minimum absolute atomic E-state index is 0.00985. The van der Waals surface area contributed by atoms with Gasteiger partial charge in [0, 0.05) is 6.54 Å². The molecule has 20 heavy (non-hydrogen) atoms. The first-order valence-electron chi connectivity index (χ1n) is 6.03. The van der Waals surface area contributed by atoms with Gasteiger partial charge in [-0.15, -0.1) is 0 Å². The molecule has 0 aliphatic rings. The Kier molecular flexibility index (Phi) is 4.73. The first kappa shape index (κ1) is 14.1. The van der Waals surface area contributed by atoms with E-state index < -0.39 is 12.0 Å². The van der Waals surface area contributed by atoms with Gasteiger partial charge in [0.1, 0.15) is 24.3 Å². The van der Waals surface area contributed by atoms with Crippen molar-refractivity contribution >= 4 is 5.91 Å². The number of aliphatic hydroxyl groups excluding tert-OH is 1. The monoisotopic (exact) mass is 279 g/mol. The second-order valence-electron chi connectivity index (χ2n) is 4.11. The molecule has 0 saturated heterocycles. The SMILES string of the molecule is O=C(NCC(O)COc1ccc(F)cc1)c1ccco1. The summed E-state index contributed by atoms with van der Waals surface area (Å²) in [7, 11) is 0. The lowest BCUT2D eigenvalue weighted by Crippen LogP contribution is -2.35. The summed E-state index contributed by atoms with van der Waals surface area (Å²) in [6, 6.07) is 8.58. The molecule has 1 amide bonds. The van der Waals surface area contributed by atoms with Crippen molar-refractivity contribution in [3.63, 3.8) is 0 Å². The highest BCUT2D eigenvalue weighted by Gasteiger charge is 2.11. The summed E-state index contributed by atoms with van der Waals surface area (Å²) in [5.74, 6) is -0.140. The molecule has 5 nitrogen and oxygen atoms in total. The minimum Gasteiger partial charge on any atom is -0.491 e. The summed E-state index contributed by atoms with van der Waals surface area (Å²) in [6.07, 6.45) is 0.516. The van der Waals surface area contributed by atoms with E-state index in [0.29, 0.717) is 5.75 Å². The van der Waals surface area contributed by atoms with Gasteiger partial charge in [0.2, 0.25) is 0 Å². The molecule has 2 rings (SSSR count). The highest BCUT2D eigenvalue weighted by Crippen LogP contribution is 2.11. The lowest BCUT2D eigenvalue weighted by Gasteiger charge is -2.12. The van der Waals surface area contributed by atoms with Crippen LogP contribution < -0.4 is 10.1 Å². The summed E-state index contributed by atoms with van der Waals surface area (Å²) in [6.45, 7) is 0.0186. The maximum atomic E-state index is 12.7. The quantitative estimate of drug-likeness (QED) is 0.842. The lowest BCUT2D eigenvalue weighted by atomic mass is 10.3. The number of carbonyl (C=O) groups is 1. The summed E-state index contributed by atoms with van der Waals surface area (Å²) in [5.41, 5.74) is 0. The number of ether oxygens (including phenoxy) is 1. The van der Waals surface area contributed by atoms with Gasteiger partial charge in [0.15, 0.2) is 5.76 Å². The van der Waals surface area contributed by atoms with Crippen molar-refractivity contribution in [2.45, 2.75) is 6.10 Å². The molecule has 0 fully saturated rings. The van der Waals surface area contributed by atoms with Crippen LogP contribution in [0.25, 0.3) is 0 Å². The molecule has 0 radical (unpaired) electrons. The van der Waals surface area contributed by atoms with E-state index in [1.54, 1.807) is 6.07 Å². The molecular formula is C14H14FNO4. The molecule has 1 aromatic carbocycles. The molecule has 0 spiro atoms. The molecule has 0 aliphatic heterocycles. The van der Waals surface area contributed by atoms with E-state index >= 15 is 0 Å². The third-order valence-electron chi connectivity index (χ3n) is 2.50. The Morgan fingerprint density at radius 1 is 1.35 bits per heavy atom. The van der Waals surface area contributed by atoms with Crippen LogP contribution in [0.3, 0.4) is 0 Å². The lowest BCUT2D eigenvalue weighted by molar-refractivity contribution is 0.0822. The van der Waals surface area contributed by atoms with Crippen molar-refractivity contribution in [1.82, 2.24) is 5.32 Å². The number of hydrogen-bond donors (Lipinski definition) is 2. The Morgan fingerprint density at radius 3 is 2.75 bits per heavy atom. The summed E-state index contributed by atoms with van der Waals surface area (Å²) >= 11 is 0. The Balaban J connectivity index is 1.71. The third-order valence-corrected chi connectivity index (χ3v) is 2.50. The predicted molar refractivity (Wildman–Crippen MR) is 68.9 cm³/mol. The normalized spacial score (nSPS) is 11.9. The molecule has 0 aliphatic carbocycles. The van der Waals surface area contributed by atoms with Crippen LogP contribution in [-0.4, -0.2) is 30.3 Å². The van der Waals surface area contributed by atoms with E-state index in [-0.39, 0.29) is 24.7 Å². The van der Waals surface area contributed by atoms with Crippen LogP contribution in [0.15, 0.2) is 47.1 Å². The standard InChI is InChI=1S/C14H14FNO4/c15-10-3-5-12(6-4-10)20-9-11(17)8-16-14(18)13-2-1-7-19-13/h1-7,11,17H,8-9H2,(H,16,18). The van der Waals surface area contributed by atoms with Gasteiger partial charge in [-0.25, -0.2) is 4.39 Å². The van der Waals surface area contributed by atoms with E-state index in [1.165, 1.54) is 36.6 Å². The average Bonchev–Trinajstić information content (AvgIpc) is 2.98. The number of nitrogens with one attached hydrogen (secondary N) is 1. The molecule has 0 bridgehead atoms. The first-order chi connectivity index (χ1) is 9.65. The number of rotatable bonds is 6. The second kappa shape index (κ2) is 6.72. The molecule has 0 saturated carbocycles. The van der Waals surface area contributed by atoms with Crippen molar-refractivity contribution < 1.29 is 23.4 Å². The molecule has 1 aromatic heterocycles. The zero-order valence-corrected chi connectivity index (χ0v) is 10.6. The maximum Gasteiger partial charge on any atom is 0.287 e. The molecule has 1 heterocycles. The van der Waals surface area contributed by atoms with Crippen LogP contribution in [0.4, 0.5) is 4.39 Å². The van der Waals surface area contributed by atoms with Crippen molar-refractivity contribution in [1.29, 1.82) is 0 Å². The zero-order chi connectivity index (χ0) is 14.4. The largest absolute Gasteiger partial charge is 0.491 e. The fourth-order valence-corrected chi connectivity index (χ4v) is 1.49.